The number of carbonyl (C=O) groups excluding carboxylic acids is 1. The van der Waals surface area contributed by atoms with E-state index in [4.69, 9.17) is 4.74 Å². The summed E-state index contributed by atoms with van der Waals surface area (Å²) in [6.07, 6.45) is 3.62. The van der Waals surface area contributed by atoms with E-state index in [0.717, 1.165) is 74.4 Å². The number of benzene rings is 3. The van der Waals surface area contributed by atoms with E-state index < -0.39 is 0 Å². The number of ketones is 1. The van der Waals surface area contributed by atoms with Gasteiger partial charge in [-0.1, -0.05) is 48.5 Å². The molecule has 0 aromatic heterocycles. The third kappa shape index (κ3) is 6.40. The van der Waals surface area contributed by atoms with Crippen molar-refractivity contribution < 1.29 is 13.9 Å². The maximum atomic E-state index is 14.0. The number of ether oxygens (including phenoxy) is 1. The summed E-state index contributed by atoms with van der Waals surface area (Å²) in [5.41, 5.74) is 3.93. The summed E-state index contributed by atoms with van der Waals surface area (Å²) >= 11 is 0. The number of hydrogen-bond acceptors (Lipinski definition) is 4. The predicted molar refractivity (Wildman–Crippen MR) is 140 cm³/mol. The van der Waals surface area contributed by atoms with E-state index >= 15 is 0 Å². The lowest BCUT2D eigenvalue weighted by atomic mass is 9.90. The number of halogens is 1. The Kier molecular flexibility index (Phi) is 8.09. The second kappa shape index (κ2) is 11.8. The third-order valence-corrected chi connectivity index (χ3v) is 7.53. The van der Waals surface area contributed by atoms with Crippen LogP contribution in [-0.4, -0.2) is 41.8 Å². The highest BCUT2D eigenvalue weighted by Gasteiger charge is 2.22. The van der Waals surface area contributed by atoms with E-state index in [1.807, 2.05) is 36.4 Å². The highest BCUT2D eigenvalue weighted by Crippen LogP contribution is 2.28. The van der Waals surface area contributed by atoms with Crippen LogP contribution in [-0.2, 0) is 19.6 Å². The Morgan fingerprint density at radius 3 is 2.47 bits per heavy atom. The predicted octanol–water partition coefficient (Wildman–Crippen LogP) is 6.10. The summed E-state index contributed by atoms with van der Waals surface area (Å²) < 4.78 is 20.0. The first kappa shape index (κ1) is 24.7. The summed E-state index contributed by atoms with van der Waals surface area (Å²) in [7, 11) is 0. The molecule has 36 heavy (non-hydrogen) atoms. The van der Waals surface area contributed by atoms with Crippen LogP contribution in [0.4, 0.5) is 4.39 Å². The zero-order valence-electron chi connectivity index (χ0n) is 20.9. The molecule has 0 radical (unpaired) electrons. The standard InChI is InChI=1S/C31H35FN2O2/c32-29-9-5-4-8-27(29)22-33-16-14-24(15-17-33)10-12-30(35)26-11-13-31-28(20-26)23-34(18-19-36-31)21-25-6-2-1-3-7-25/h1-9,11,13,20,24H,10,12,14-19,21-23H2. The Balaban J connectivity index is 1.12. The maximum absolute atomic E-state index is 14.0. The molecule has 2 heterocycles. The van der Waals surface area contributed by atoms with Crippen molar-refractivity contribution in [3.63, 3.8) is 0 Å². The van der Waals surface area contributed by atoms with Gasteiger partial charge in [0.25, 0.3) is 0 Å². The molecule has 0 N–H and O–H groups in total. The molecule has 0 bridgehead atoms. The quantitative estimate of drug-likeness (QED) is 0.361. The van der Waals surface area contributed by atoms with Crippen molar-refractivity contribution in [2.75, 3.05) is 26.2 Å². The molecule has 1 fully saturated rings. The average Bonchev–Trinajstić information content (AvgIpc) is 3.11. The lowest BCUT2D eigenvalue weighted by molar-refractivity contribution is 0.0961. The molecule has 2 aliphatic heterocycles. The van der Waals surface area contributed by atoms with Crippen molar-refractivity contribution in [1.82, 2.24) is 9.80 Å². The normalized spacial score (nSPS) is 17.2. The van der Waals surface area contributed by atoms with Gasteiger partial charge in [0.1, 0.15) is 18.2 Å². The monoisotopic (exact) mass is 486 g/mol. The molecule has 3 aromatic rings. The van der Waals surface area contributed by atoms with Crippen LogP contribution >= 0.6 is 0 Å². The van der Waals surface area contributed by atoms with Gasteiger partial charge in [-0.3, -0.25) is 14.6 Å². The first-order chi connectivity index (χ1) is 17.6. The molecule has 0 saturated carbocycles. The molecule has 5 heteroatoms. The van der Waals surface area contributed by atoms with Crippen molar-refractivity contribution in [3.8, 4) is 5.75 Å². The van der Waals surface area contributed by atoms with Gasteiger partial charge in [0.05, 0.1) is 0 Å². The van der Waals surface area contributed by atoms with E-state index in [-0.39, 0.29) is 11.6 Å². The summed E-state index contributed by atoms with van der Waals surface area (Å²) in [5, 5.41) is 0. The first-order valence-corrected chi connectivity index (χ1v) is 13.1. The molecular formula is C31H35FN2O2. The highest BCUT2D eigenvalue weighted by atomic mass is 19.1. The van der Waals surface area contributed by atoms with Crippen molar-refractivity contribution in [1.29, 1.82) is 0 Å². The number of nitrogens with zero attached hydrogens (tertiary/aromatic N) is 2. The summed E-state index contributed by atoms with van der Waals surface area (Å²) in [4.78, 5) is 17.8. The molecule has 0 atom stereocenters. The van der Waals surface area contributed by atoms with Crippen molar-refractivity contribution in [2.24, 2.45) is 5.92 Å². The second-order valence-electron chi connectivity index (χ2n) is 10.1. The molecule has 4 nitrogen and oxygen atoms in total. The van der Waals surface area contributed by atoms with Crippen LogP contribution in [0.5, 0.6) is 5.75 Å². The Bertz CT molecular complexity index is 1160. The van der Waals surface area contributed by atoms with Gasteiger partial charge in [0.15, 0.2) is 5.78 Å². The number of Topliss-reactive ketones (excluding diaryl/α,β-unsaturated/α-hetero) is 1. The Hall–Kier alpha value is -3.02. The lowest BCUT2D eigenvalue weighted by Crippen LogP contribution is -2.33. The fourth-order valence-electron chi connectivity index (χ4n) is 5.38. The number of rotatable bonds is 8. The number of carbonyl (C=O) groups is 1. The van der Waals surface area contributed by atoms with Crippen molar-refractivity contribution in [3.05, 3.63) is 101 Å². The summed E-state index contributed by atoms with van der Waals surface area (Å²) in [5.74, 6) is 1.53. The molecule has 5 rings (SSSR count). The zero-order chi connectivity index (χ0) is 24.7. The smallest absolute Gasteiger partial charge is 0.162 e. The largest absolute Gasteiger partial charge is 0.492 e. The topological polar surface area (TPSA) is 32.8 Å². The molecular weight excluding hydrogens is 451 g/mol. The van der Waals surface area contributed by atoms with E-state index in [9.17, 15) is 9.18 Å². The van der Waals surface area contributed by atoms with Crippen LogP contribution in [0, 0.1) is 11.7 Å². The number of hydrogen-bond donors (Lipinski definition) is 0. The number of fused-ring (bicyclic) bond motifs is 1. The van der Waals surface area contributed by atoms with Crippen LogP contribution < -0.4 is 4.74 Å². The molecule has 0 amide bonds. The van der Waals surface area contributed by atoms with Crippen LogP contribution in [0.25, 0.3) is 0 Å². The minimum atomic E-state index is -0.125. The van der Waals surface area contributed by atoms with Gasteiger partial charge in [0.2, 0.25) is 0 Å². The molecule has 1 saturated heterocycles. The van der Waals surface area contributed by atoms with E-state index in [2.05, 4.69) is 34.1 Å². The van der Waals surface area contributed by atoms with Crippen LogP contribution in [0.15, 0.2) is 72.8 Å². The summed E-state index contributed by atoms with van der Waals surface area (Å²) in [6, 6.07) is 23.4. The van der Waals surface area contributed by atoms with Gasteiger partial charge in [-0.2, -0.15) is 0 Å². The minimum absolute atomic E-state index is 0.125. The third-order valence-electron chi connectivity index (χ3n) is 7.53. The minimum Gasteiger partial charge on any atom is -0.492 e. The lowest BCUT2D eigenvalue weighted by Gasteiger charge is -2.32. The molecule has 188 valence electrons. The summed E-state index contributed by atoms with van der Waals surface area (Å²) in [6.45, 7) is 5.76. The Morgan fingerprint density at radius 1 is 0.889 bits per heavy atom. The van der Waals surface area contributed by atoms with Gasteiger partial charge in [-0.15, -0.1) is 0 Å². The highest BCUT2D eigenvalue weighted by molar-refractivity contribution is 5.96. The molecule has 3 aromatic carbocycles. The molecule has 0 spiro atoms. The Labute approximate surface area is 213 Å². The van der Waals surface area contributed by atoms with Crippen LogP contribution in [0.3, 0.4) is 0 Å². The second-order valence-corrected chi connectivity index (χ2v) is 10.1. The van der Waals surface area contributed by atoms with Crippen molar-refractivity contribution in [2.45, 2.75) is 45.3 Å². The zero-order valence-corrected chi connectivity index (χ0v) is 20.9. The molecule has 0 aliphatic carbocycles. The van der Waals surface area contributed by atoms with Gasteiger partial charge in [0, 0.05) is 49.3 Å². The van der Waals surface area contributed by atoms with Gasteiger partial charge in [-0.25, -0.2) is 4.39 Å². The van der Waals surface area contributed by atoms with Crippen LogP contribution in [0.2, 0.25) is 0 Å². The van der Waals surface area contributed by atoms with Crippen LogP contribution in [0.1, 0.15) is 52.7 Å². The average molecular weight is 487 g/mol. The Morgan fingerprint density at radius 2 is 1.67 bits per heavy atom. The van der Waals surface area contributed by atoms with Gasteiger partial charge < -0.3 is 4.74 Å². The number of piperidine rings is 1. The SMILES string of the molecule is O=C(CCC1CCN(Cc2ccccc2F)CC1)c1ccc2c(c1)CN(Cc1ccccc1)CCO2. The fourth-order valence-corrected chi connectivity index (χ4v) is 5.38. The van der Waals surface area contributed by atoms with E-state index in [1.165, 1.54) is 11.6 Å². The number of likely N-dealkylation sites (tertiary alicyclic amines) is 1. The molecule has 0 unspecified atom stereocenters. The fraction of sp³-hybridized carbons (Fsp3) is 0.387. The maximum Gasteiger partial charge on any atom is 0.162 e. The van der Waals surface area contributed by atoms with Gasteiger partial charge in [-0.05, 0) is 68.1 Å². The van der Waals surface area contributed by atoms with Gasteiger partial charge >= 0.3 is 0 Å². The molecule has 2 aliphatic rings. The van der Waals surface area contributed by atoms with E-state index in [0.29, 0.717) is 25.5 Å². The van der Waals surface area contributed by atoms with E-state index in [1.54, 1.807) is 6.07 Å². The van der Waals surface area contributed by atoms with Crippen molar-refractivity contribution >= 4 is 5.78 Å². The first-order valence-electron chi connectivity index (χ1n) is 13.1.